The second-order valence-corrected chi connectivity index (χ2v) is 8.57. The predicted molar refractivity (Wildman–Crippen MR) is 135 cm³/mol. The summed E-state index contributed by atoms with van der Waals surface area (Å²) in [4.78, 5) is 27.1. The number of aliphatic imine (C=N–C) groups is 1. The summed E-state index contributed by atoms with van der Waals surface area (Å²) in [6, 6.07) is 15.7. The van der Waals surface area contributed by atoms with Gasteiger partial charge in [0.2, 0.25) is 11.9 Å². The van der Waals surface area contributed by atoms with Crippen LogP contribution in [0.2, 0.25) is 0 Å². The SMILES string of the molecule is CN(C)CCNC(=O)Cc1ccc(OCCC2=Nc3cc(-c4ccnc(N)n4)ccc3C2)cc1. The molecule has 1 aliphatic rings. The Balaban J connectivity index is 1.25. The first-order chi connectivity index (χ1) is 16.5. The number of nitrogens with two attached hydrogens (primary N) is 1. The third-order valence-corrected chi connectivity index (χ3v) is 5.56. The molecule has 3 aromatic rings. The van der Waals surface area contributed by atoms with E-state index < -0.39 is 0 Å². The summed E-state index contributed by atoms with van der Waals surface area (Å²) in [6.07, 6.45) is 3.60. The van der Waals surface area contributed by atoms with E-state index in [4.69, 9.17) is 15.5 Å². The van der Waals surface area contributed by atoms with Crippen molar-refractivity contribution in [3.63, 3.8) is 0 Å². The number of nitrogens with one attached hydrogen (secondary N) is 1. The Bertz CT molecular complexity index is 1170. The Kier molecular flexibility index (Phi) is 7.49. The summed E-state index contributed by atoms with van der Waals surface area (Å²) in [5.41, 5.74) is 11.7. The Morgan fingerprint density at radius 3 is 2.74 bits per heavy atom. The zero-order chi connectivity index (χ0) is 23.9. The number of benzene rings is 2. The number of ether oxygens (including phenoxy) is 1. The Morgan fingerprint density at radius 2 is 1.97 bits per heavy atom. The molecule has 34 heavy (non-hydrogen) atoms. The third-order valence-electron chi connectivity index (χ3n) is 5.56. The molecule has 0 radical (unpaired) electrons. The summed E-state index contributed by atoms with van der Waals surface area (Å²) in [6.45, 7) is 2.02. The van der Waals surface area contributed by atoms with E-state index in [2.05, 4.69) is 21.4 Å². The maximum Gasteiger partial charge on any atom is 0.224 e. The molecule has 176 valence electrons. The highest BCUT2D eigenvalue weighted by atomic mass is 16.5. The number of nitrogens with zero attached hydrogens (tertiary/aromatic N) is 4. The molecule has 4 rings (SSSR count). The summed E-state index contributed by atoms with van der Waals surface area (Å²) < 4.78 is 5.91. The van der Waals surface area contributed by atoms with Crippen molar-refractivity contribution in [2.75, 3.05) is 39.5 Å². The van der Waals surface area contributed by atoms with Crippen LogP contribution in [0.4, 0.5) is 11.6 Å². The second kappa shape index (κ2) is 10.9. The van der Waals surface area contributed by atoms with Crippen LogP contribution in [0.1, 0.15) is 17.5 Å². The van der Waals surface area contributed by atoms with Crippen LogP contribution in [-0.2, 0) is 17.6 Å². The van der Waals surface area contributed by atoms with Crippen molar-refractivity contribution in [2.45, 2.75) is 19.3 Å². The Labute approximate surface area is 199 Å². The smallest absolute Gasteiger partial charge is 0.224 e. The topological polar surface area (TPSA) is 106 Å². The monoisotopic (exact) mass is 458 g/mol. The van der Waals surface area contributed by atoms with E-state index in [-0.39, 0.29) is 11.9 Å². The van der Waals surface area contributed by atoms with E-state index in [0.717, 1.165) is 53.4 Å². The number of nitrogen functional groups attached to an aromatic ring is 1. The van der Waals surface area contributed by atoms with Gasteiger partial charge in [0.15, 0.2) is 0 Å². The fourth-order valence-corrected chi connectivity index (χ4v) is 3.74. The van der Waals surface area contributed by atoms with Crippen molar-refractivity contribution in [3.05, 3.63) is 65.9 Å². The maximum absolute atomic E-state index is 12.0. The van der Waals surface area contributed by atoms with Gasteiger partial charge < -0.3 is 20.7 Å². The molecule has 1 aliphatic heterocycles. The molecule has 0 saturated heterocycles. The third kappa shape index (κ3) is 6.39. The van der Waals surface area contributed by atoms with Gasteiger partial charge in [-0.25, -0.2) is 9.97 Å². The molecule has 1 aromatic heterocycles. The largest absolute Gasteiger partial charge is 0.493 e. The van der Waals surface area contributed by atoms with Crippen molar-refractivity contribution in [3.8, 4) is 17.0 Å². The van der Waals surface area contributed by atoms with Crippen LogP contribution in [0.25, 0.3) is 11.3 Å². The minimum Gasteiger partial charge on any atom is -0.493 e. The lowest BCUT2D eigenvalue weighted by Gasteiger charge is -2.10. The lowest BCUT2D eigenvalue weighted by Crippen LogP contribution is -2.32. The number of amides is 1. The van der Waals surface area contributed by atoms with Crippen LogP contribution < -0.4 is 15.8 Å². The zero-order valence-corrected chi connectivity index (χ0v) is 19.6. The van der Waals surface area contributed by atoms with Crippen molar-refractivity contribution >= 4 is 23.3 Å². The van der Waals surface area contributed by atoms with E-state index in [9.17, 15) is 4.79 Å². The van der Waals surface area contributed by atoms with Crippen molar-refractivity contribution in [1.82, 2.24) is 20.2 Å². The number of anilines is 1. The summed E-state index contributed by atoms with van der Waals surface area (Å²) in [5, 5.41) is 2.93. The van der Waals surface area contributed by atoms with E-state index >= 15 is 0 Å². The lowest BCUT2D eigenvalue weighted by atomic mass is 10.0. The van der Waals surface area contributed by atoms with Gasteiger partial charge >= 0.3 is 0 Å². The van der Waals surface area contributed by atoms with Gasteiger partial charge in [-0.2, -0.15) is 0 Å². The van der Waals surface area contributed by atoms with Crippen molar-refractivity contribution in [2.24, 2.45) is 4.99 Å². The molecular formula is C26H30N6O2. The molecule has 0 aliphatic carbocycles. The molecule has 0 fully saturated rings. The minimum absolute atomic E-state index is 0.0284. The van der Waals surface area contributed by atoms with Crippen LogP contribution in [0.3, 0.4) is 0 Å². The summed E-state index contributed by atoms with van der Waals surface area (Å²) in [5.74, 6) is 1.08. The highest BCUT2D eigenvalue weighted by Crippen LogP contribution is 2.32. The van der Waals surface area contributed by atoms with Gasteiger partial charge in [-0.05, 0) is 49.5 Å². The first-order valence-electron chi connectivity index (χ1n) is 11.4. The fourth-order valence-electron chi connectivity index (χ4n) is 3.74. The van der Waals surface area contributed by atoms with Crippen LogP contribution >= 0.6 is 0 Å². The summed E-state index contributed by atoms with van der Waals surface area (Å²) in [7, 11) is 3.97. The number of fused-ring (bicyclic) bond motifs is 1. The van der Waals surface area contributed by atoms with E-state index in [1.807, 2.05) is 61.5 Å². The molecule has 2 aromatic carbocycles. The molecule has 0 unspecified atom stereocenters. The van der Waals surface area contributed by atoms with E-state index in [1.54, 1.807) is 6.20 Å². The number of carbonyl (C=O) groups is 1. The number of aromatic nitrogens is 2. The molecule has 0 saturated carbocycles. The highest BCUT2D eigenvalue weighted by molar-refractivity contribution is 5.94. The van der Waals surface area contributed by atoms with E-state index in [0.29, 0.717) is 19.6 Å². The van der Waals surface area contributed by atoms with E-state index in [1.165, 1.54) is 5.56 Å². The quantitative estimate of drug-likeness (QED) is 0.484. The first kappa shape index (κ1) is 23.4. The standard InChI is InChI=1S/C26H30N6O2/c1-32(2)13-12-28-25(33)15-18-3-7-22(8-4-18)34-14-10-21-16-19-5-6-20(17-24(19)30-21)23-9-11-29-26(27)31-23/h3-9,11,17H,10,12-16H2,1-2H3,(H,28,33)(H2,27,29,31). The van der Waals surface area contributed by atoms with Crippen LogP contribution in [0, 0.1) is 0 Å². The molecule has 0 spiro atoms. The summed E-state index contributed by atoms with van der Waals surface area (Å²) >= 11 is 0. The molecule has 8 heteroatoms. The number of carbonyl (C=O) groups excluding carboxylic acids is 1. The highest BCUT2D eigenvalue weighted by Gasteiger charge is 2.16. The molecule has 3 N–H and O–H groups in total. The second-order valence-electron chi connectivity index (χ2n) is 8.57. The first-order valence-corrected chi connectivity index (χ1v) is 11.4. The Morgan fingerprint density at radius 1 is 1.15 bits per heavy atom. The van der Waals surface area contributed by atoms with Gasteiger partial charge in [-0.3, -0.25) is 9.79 Å². The van der Waals surface area contributed by atoms with Gasteiger partial charge in [0.25, 0.3) is 0 Å². The Hall–Kier alpha value is -3.78. The molecule has 8 nitrogen and oxygen atoms in total. The normalized spacial score (nSPS) is 12.4. The van der Waals surface area contributed by atoms with Crippen LogP contribution in [0.15, 0.2) is 59.7 Å². The fraction of sp³-hybridized carbons (Fsp3) is 0.308. The van der Waals surface area contributed by atoms with Gasteiger partial charge in [0.05, 0.1) is 24.4 Å². The average Bonchev–Trinajstić information content (AvgIpc) is 3.22. The molecule has 2 heterocycles. The molecular weight excluding hydrogens is 428 g/mol. The number of hydrogen-bond acceptors (Lipinski definition) is 7. The zero-order valence-electron chi connectivity index (χ0n) is 19.6. The van der Waals surface area contributed by atoms with Crippen LogP contribution in [-0.4, -0.2) is 60.3 Å². The lowest BCUT2D eigenvalue weighted by molar-refractivity contribution is -0.120. The number of hydrogen-bond donors (Lipinski definition) is 2. The van der Waals surface area contributed by atoms with Crippen molar-refractivity contribution < 1.29 is 9.53 Å². The number of rotatable bonds is 10. The van der Waals surface area contributed by atoms with Crippen LogP contribution in [0.5, 0.6) is 5.75 Å². The molecule has 1 amide bonds. The van der Waals surface area contributed by atoms with Crippen molar-refractivity contribution in [1.29, 1.82) is 0 Å². The van der Waals surface area contributed by atoms with Gasteiger partial charge in [0, 0.05) is 43.4 Å². The van der Waals surface area contributed by atoms with Gasteiger partial charge in [-0.1, -0.05) is 24.3 Å². The predicted octanol–water partition coefficient (Wildman–Crippen LogP) is 3.04. The average molecular weight is 459 g/mol. The minimum atomic E-state index is 0.0284. The van der Waals surface area contributed by atoms with Gasteiger partial charge in [0.1, 0.15) is 5.75 Å². The molecule has 0 bridgehead atoms. The van der Waals surface area contributed by atoms with Gasteiger partial charge in [-0.15, -0.1) is 0 Å². The molecule has 0 atom stereocenters. The number of likely N-dealkylation sites (N-methyl/N-ethyl adjacent to an activating group) is 1. The maximum atomic E-state index is 12.0.